The van der Waals surface area contributed by atoms with E-state index in [0.29, 0.717) is 18.5 Å². The predicted octanol–water partition coefficient (Wildman–Crippen LogP) is -1.32. The Morgan fingerprint density at radius 1 is 1.21 bits per heavy atom. The zero-order chi connectivity index (χ0) is 17.7. The minimum Gasteiger partial charge on any atom is -0.394 e. The molecule has 1 heterocycles. The molecule has 5 N–H and O–H groups in total. The van der Waals surface area contributed by atoms with Crippen LogP contribution in [0.15, 0.2) is 24.3 Å². The molecule has 1 aromatic rings. The highest BCUT2D eigenvalue weighted by atomic mass is 16.6. The van der Waals surface area contributed by atoms with Gasteiger partial charge in [0.1, 0.15) is 24.4 Å². The molecule has 1 aliphatic heterocycles. The molecule has 1 aromatic carbocycles. The van der Waals surface area contributed by atoms with Crippen molar-refractivity contribution in [2.75, 3.05) is 13.2 Å². The third-order valence-corrected chi connectivity index (χ3v) is 3.93. The first kappa shape index (κ1) is 18.3. The van der Waals surface area contributed by atoms with Gasteiger partial charge in [0.05, 0.1) is 6.61 Å². The van der Waals surface area contributed by atoms with E-state index in [1.165, 1.54) is 0 Å². The molecule has 24 heavy (non-hydrogen) atoms. The van der Waals surface area contributed by atoms with Crippen LogP contribution in [0.4, 0.5) is 0 Å². The van der Waals surface area contributed by atoms with Crippen molar-refractivity contribution >= 4 is 5.91 Å². The van der Waals surface area contributed by atoms with Gasteiger partial charge in [-0.05, 0) is 17.7 Å². The van der Waals surface area contributed by atoms with Crippen LogP contribution in [0, 0.1) is 6.57 Å². The zero-order valence-corrected chi connectivity index (χ0v) is 12.9. The van der Waals surface area contributed by atoms with E-state index in [0.717, 1.165) is 5.56 Å². The molecule has 0 bridgehead atoms. The summed E-state index contributed by atoms with van der Waals surface area (Å²) in [5.41, 5.74) is 1.23. The molecule has 2 rings (SSSR count). The number of amides is 1. The van der Waals surface area contributed by atoms with Gasteiger partial charge in [-0.1, -0.05) is 12.1 Å². The van der Waals surface area contributed by atoms with Crippen molar-refractivity contribution in [2.24, 2.45) is 0 Å². The van der Waals surface area contributed by atoms with Gasteiger partial charge < -0.3 is 35.3 Å². The number of benzene rings is 1. The minimum atomic E-state index is -1.55. The molecule has 8 heteroatoms. The highest BCUT2D eigenvalue weighted by molar-refractivity contribution is 5.94. The molecule has 0 spiro atoms. The van der Waals surface area contributed by atoms with Crippen LogP contribution in [0.25, 0.3) is 4.85 Å². The van der Waals surface area contributed by atoms with Gasteiger partial charge in [-0.3, -0.25) is 4.79 Å². The van der Waals surface area contributed by atoms with Crippen molar-refractivity contribution in [2.45, 2.75) is 37.1 Å². The Morgan fingerprint density at radius 2 is 1.88 bits per heavy atom. The number of aliphatic hydroxyl groups excluding tert-OH is 4. The molecule has 1 fully saturated rings. The van der Waals surface area contributed by atoms with Gasteiger partial charge in [0.15, 0.2) is 6.29 Å². The van der Waals surface area contributed by atoms with Crippen molar-refractivity contribution in [3.8, 4) is 0 Å². The van der Waals surface area contributed by atoms with E-state index in [1.54, 1.807) is 24.3 Å². The van der Waals surface area contributed by atoms with Gasteiger partial charge in [-0.15, -0.1) is 0 Å². The normalized spacial score (nSPS) is 29.7. The molecule has 130 valence electrons. The number of nitrogens with zero attached hydrogens (tertiary/aromatic N) is 1. The largest absolute Gasteiger partial charge is 0.394 e. The molecule has 1 saturated heterocycles. The van der Waals surface area contributed by atoms with Crippen molar-refractivity contribution < 1.29 is 30.0 Å². The number of hydrogen-bond acceptors (Lipinski definition) is 6. The molecule has 0 radical (unpaired) electrons. The van der Waals surface area contributed by atoms with E-state index in [4.69, 9.17) is 16.4 Å². The summed E-state index contributed by atoms with van der Waals surface area (Å²) in [5.74, 6) is -0.548. The van der Waals surface area contributed by atoms with Crippen molar-refractivity contribution in [3.63, 3.8) is 0 Å². The Kier molecular flexibility index (Phi) is 6.25. The van der Waals surface area contributed by atoms with Crippen molar-refractivity contribution in [1.82, 2.24) is 5.32 Å². The third kappa shape index (κ3) is 4.08. The fourth-order valence-corrected chi connectivity index (χ4v) is 2.50. The summed E-state index contributed by atoms with van der Waals surface area (Å²) in [6.07, 6.45) is -4.99. The number of nitrogens with one attached hydrogen (secondary N) is 1. The lowest BCUT2D eigenvalue weighted by Gasteiger charge is -2.40. The van der Waals surface area contributed by atoms with Gasteiger partial charge in [0.25, 0.3) is 5.91 Å². The zero-order valence-electron chi connectivity index (χ0n) is 12.9. The number of carbonyl (C=O) groups excluding carboxylic acids is 1. The fraction of sp³-hybridized carbons (Fsp3) is 0.500. The number of carbonyl (C=O) groups is 1. The molecule has 0 saturated carbocycles. The summed E-state index contributed by atoms with van der Waals surface area (Å²) in [5, 5.41) is 41.1. The van der Waals surface area contributed by atoms with Crippen LogP contribution in [0.5, 0.6) is 0 Å². The fourth-order valence-electron chi connectivity index (χ4n) is 2.50. The first-order valence-electron chi connectivity index (χ1n) is 7.51. The maximum atomic E-state index is 12.2. The number of hydrogen-bond donors (Lipinski definition) is 5. The van der Waals surface area contributed by atoms with Crippen LogP contribution < -0.4 is 5.32 Å². The summed E-state index contributed by atoms with van der Waals surface area (Å²) in [7, 11) is 0. The maximum Gasteiger partial charge on any atom is 0.251 e. The second kappa shape index (κ2) is 8.19. The first-order chi connectivity index (χ1) is 11.5. The standard InChI is InChI=1S/C16H20N2O6/c1-17-7-6-9-2-4-10(5-3-9)15(22)18-12-14(21)13(20)11(8-19)24-16(12)23/h2-5,11-14,16,19-21,23H,6-8H2,(H,18,22). The van der Waals surface area contributed by atoms with Crippen LogP contribution in [0.2, 0.25) is 0 Å². The molecule has 5 atom stereocenters. The minimum absolute atomic E-state index is 0.305. The van der Waals surface area contributed by atoms with Crippen LogP contribution in [-0.2, 0) is 11.2 Å². The van der Waals surface area contributed by atoms with Crippen LogP contribution in [0.3, 0.4) is 0 Å². The summed E-state index contributed by atoms with van der Waals surface area (Å²) < 4.78 is 4.98. The van der Waals surface area contributed by atoms with E-state index in [1.807, 2.05) is 0 Å². The quantitative estimate of drug-likeness (QED) is 0.425. The lowest BCUT2D eigenvalue weighted by atomic mass is 9.96. The summed E-state index contributed by atoms with van der Waals surface area (Å²) >= 11 is 0. The molecule has 5 unspecified atom stereocenters. The Hall–Kier alpha value is -2.02. The maximum absolute atomic E-state index is 12.2. The summed E-state index contributed by atoms with van der Waals surface area (Å²) in [6.45, 7) is 6.55. The van der Waals surface area contributed by atoms with Crippen molar-refractivity contribution in [1.29, 1.82) is 0 Å². The Bertz CT molecular complexity index is 600. The van der Waals surface area contributed by atoms with E-state index in [2.05, 4.69) is 10.2 Å². The number of rotatable bonds is 5. The highest BCUT2D eigenvalue weighted by Crippen LogP contribution is 2.20. The summed E-state index contributed by atoms with van der Waals surface area (Å²) in [4.78, 5) is 15.5. The molecule has 0 aromatic heterocycles. The van der Waals surface area contributed by atoms with Gasteiger partial charge in [-0.25, -0.2) is 6.57 Å². The van der Waals surface area contributed by atoms with Gasteiger partial charge in [0.2, 0.25) is 6.54 Å². The van der Waals surface area contributed by atoms with E-state index in [-0.39, 0.29) is 0 Å². The van der Waals surface area contributed by atoms with Crippen LogP contribution >= 0.6 is 0 Å². The third-order valence-electron chi connectivity index (χ3n) is 3.93. The smallest absolute Gasteiger partial charge is 0.251 e. The van der Waals surface area contributed by atoms with Gasteiger partial charge in [-0.2, -0.15) is 0 Å². The van der Waals surface area contributed by atoms with Gasteiger partial charge in [0, 0.05) is 12.0 Å². The number of aliphatic hydroxyl groups is 4. The average Bonchev–Trinajstić information content (AvgIpc) is 2.60. The topological polar surface area (TPSA) is 124 Å². The Balaban J connectivity index is 2.02. The molecule has 8 nitrogen and oxygen atoms in total. The highest BCUT2D eigenvalue weighted by Gasteiger charge is 2.44. The molecule has 0 aliphatic carbocycles. The predicted molar refractivity (Wildman–Crippen MR) is 82.8 cm³/mol. The summed E-state index contributed by atoms with van der Waals surface area (Å²) in [6, 6.07) is 5.37. The van der Waals surface area contributed by atoms with E-state index >= 15 is 0 Å². The first-order valence-corrected chi connectivity index (χ1v) is 7.51. The monoisotopic (exact) mass is 336 g/mol. The van der Waals surface area contributed by atoms with Crippen LogP contribution in [0.1, 0.15) is 15.9 Å². The average molecular weight is 336 g/mol. The second-order valence-electron chi connectivity index (χ2n) is 5.56. The molecular formula is C16H20N2O6. The second-order valence-corrected chi connectivity index (χ2v) is 5.56. The number of ether oxygens (including phenoxy) is 1. The Morgan fingerprint density at radius 3 is 2.46 bits per heavy atom. The SMILES string of the molecule is [C-]#[N+]CCc1ccc(C(=O)NC2C(O)OC(CO)C(O)C2O)cc1. The molecule has 1 aliphatic rings. The molecule has 1 amide bonds. The van der Waals surface area contributed by atoms with E-state index in [9.17, 15) is 20.1 Å². The Labute approximate surface area is 139 Å². The van der Waals surface area contributed by atoms with Gasteiger partial charge >= 0.3 is 0 Å². The lowest BCUT2D eigenvalue weighted by Crippen LogP contribution is -2.64. The van der Waals surface area contributed by atoms with Crippen LogP contribution in [-0.4, -0.2) is 70.1 Å². The van der Waals surface area contributed by atoms with Crippen molar-refractivity contribution in [3.05, 3.63) is 46.8 Å². The van der Waals surface area contributed by atoms with E-state index < -0.39 is 43.2 Å². The lowest BCUT2D eigenvalue weighted by molar-refractivity contribution is -0.252. The molecular weight excluding hydrogens is 316 g/mol.